The minimum atomic E-state index is -0.507. The second-order valence-electron chi connectivity index (χ2n) is 21.4. The van der Waals surface area contributed by atoms with Crippen LogP contribution >= 0.6 is 0 Å². The number of carbonyl (C=O) groups excluding carboxylic acids is 1. The largest absolute Gasteiger partial charge is 0.494 e. The summed E-state index contributed by atoms with van der Waals surface area (Å²) in [5.74, 6) is 4.40. The molecule has 4 atom stereocenters. The summed E-state index contributed by atoms with van der Waals surface area (Å²) < 4.78 is 12.1. The van der Waals surface area contributed by atoms with Gasteiger partial charge in [-0.1, -0.05) is 55.3 Å². The highest BCUT2D eigenvalue weighted by Gasteiger charge is 2.57. The van der Waals surface area contributed by atoms with E-state index in [0.29, 0.717) is 54.6 Å². The monoisotopic (exact) mass is 913 g/mol. The van der Waals surface area contributed by atoms with Crippen molar-refractivity contribution in [1.82, 2.24) is 20.0 Å². The Bertz CT molecular complexity index is 2440. The summed E-state index contributed by atoms with van der Waals surface area (Å²) in [5.41, 5.74) is 8.34. The zero-order chi connectivity index (χ0) is 46.5. The third-order valence-electron chi connectivity index (χ3n) is 17.8. The lowest BCUT2D eigenvalue weighted by molar-refractivity contribution is -0.134. The standard InChI is InChI=1S/C59H72N6O3/c1-63-41-48-36-45(17-23-55(48)58(42-63,49-9-3-4-10-49)50-24-30-64(31-25-50)28-6-34-67-53-19-12-43(38-60)13-20-53)46-16-18-52(37-46)59(56-11-5-2-8-47(56)40-62-57(59)66)51-26-32-65(33-27-51)29-7-35-68-54-21-14-44(39-61)15-22-54/h2,5,8,11-15,17,19-23,36,46,49-52H,3-4,6-7,9-10,16,18,24-35,37,40-42H2,1H3,(H,62,66). The molecule has 6 aliphatic rings. The molecule has 0 spiro atoms. The van der Waals surface area contributed by atoms with Crippen LogP contribution in [0.25, 0.3) is 0 Å². The van der Waals surface area contributed by atoms with E-state index in [1.54, 1.807) is 11.1 Å². The van der Waals surface area contributed by atoms with Gasteiger partial charge in [0.05, 0.1) is 41.9 Å². The number of piperidine rings is 2. The fraction of sp³-hybridized carbons (Fsp3) is 0.542. The van der Waals surface area contributed by atoms with E-state index in [-0.39, 0.29) is 11.3 Å². The summed E-state index contributed by atoms with van der Waals surface area (Å²) in [6.45, 7) is 10.5. The van der Waals surface area contributed by atoms with Crippen LogP contribution in [0, 0.1) is 46.3 Å². The third-order valence-corrected chi connectivity index (χ3v) is 17.8. The summed E-state index contributed by atoms with van der Waals surface area (Å²) in [6, 6.07) is 35.9. The molecule has 2 aliphatic carbocycles. The van der Waals surface area contributed by atoms with Crippen molar-refractivity contribution in [1.29, 1.82) is 10.5 Å². The molecular formula is C59H72N6O3. The summed E-state index contributed by atoms with van der Waals surface area (Å²) in [7, 11) is 2.38. The van der Waals surface area contributed by atoms with Gasteiger partial charge in [-0.05, 0) is 210 Å². The number of ether oxygens (including phenoxy) is 2. The Morgan fingerprint density at radius 1 is 0.647 bits per heavy atom. The Hall–Kier alpha value is -5.19. The second-order valence-corrected chi connectivity index (χ2v) is 21.4. The molecule has 4 aromatic rings. The molecule has 356 valence electrons. The van der Waals surface area contributed by atoms with Crippen LogP contribution < -0.4 is 14.8 Å². The third kappa shape index (κ3) is 9.32. The van der Waals surface area contributed by atoms with Gasteiger partial charge in [-0.25, -0.2) is 0 Å². The Balaban J connectivity index is 0.820. The van der Waals surface area contributed by atoms with Gasteiger partial charge in [-0.2, -0.15) is 10.5 Å². The topological polar surface area (TPSA) is 105 Å². The highest BCUT2D eigenvalue weighted by molar-refractivity contribution is 5.91. The van der Waals surface area contributed by atoms with Gasteiger partial charge in [0.25, 0.3) is 0 Å². The Kier molecular flexibility index (Phi) is 14.2. The number of likely N-dealkylation sites (N-methyl/N-ethyl adjacent to an activating group) is 1. The van der Waals surface area contributed by atoms with E-state index >= 15 is 0 Å². The number of carbonyl (C=O) groups is 1. The maximum Gasteiger partial charge on any atom is 0.231 e. The summed E-state index contributed by atoms with van der Waals surface area (Å²) in [5, 5.41) is 21.7. The number of fused-ring (bicyclic) bond motifs is 2. The molecule has 4 aromatic carbocycles. The van der Waals surface area contributed by atoms with Crippen molar-refractivity contribution in [2.75, 3.05) is 66.1 Å². The molecule has 10 rings (SSSR count). The van der Waals surface area contributed by atoms with Gasteiger partial charge in [0, 0.05) is 38.1 Å². The van der Waals surface area contributed by atoms with Crippen LogP contribution in [-0.4, -0.2) is 86.7 Å². The lowest BCUT2D eigenvalue weighted by atomic mass is 9.56. The number of likely N-dealkylation sites (tertiary alicyclic amines) is 2. The molecule has 9 nitrogen and oxygen atoms in total. The van der Waals surface area contributed by atoms with Crippen LogP contribution in [0.5, 0.6) is 11.5 Å². The number of benzene rings is 4. The minimum absolute atomic E-state index is 0.196. The van der Waals surface area contributed by atoms with Crippen LogP contribution in [0.4, 0.5) is 0 Å². The Morgan fingerprint density at radius 3 is 1.85 bits per heavy atom. The first-order chi connectivity index (χ1) is 33.4. The van der Waals surface area contributed by atoms with Crippen molar-refractivity contribution in [2.24, 2.45) is 23.7 Å². The molecule has 2 saturated carbocycles. The molecular weight excluding hydrogens is 841 g/mol. The van der Waals surface area contributed by atoms with Crippen LogP contribution in [0.2, 0.25) is 0 Å². The van der Waals surface area contributed by atoms with Gasteiger partial charge in [0.15, 0.2) is 0 Å². The summed E-state index contributed by atoms with van der Waals surface area (Å²) in [6.07, 6.45) is 15.2. The maximum absolute atomic E-state index is 14.8. The van der Waals surface area contributed by atoms with Crippen LogP contribution in [0.3, 0.4) is 0 Å². The Labute approximate surface area is 405 Å². The number of amides is 1. The maximum atomic E-state index is 14.8. The van der Waals surface area contributed by atoms with E-state index in [1.165, 1.54) is 61.8 Å². The molecule has 4 aliphatic heterocycles. The molecule has 4 heterocycles. The highest BCUT2D eigenvalue weighted by Crippen LogP contribution is 2.57. The molecule has 1 N–H and O–H groups in total. The number of nitrogens with zero attached hydrogens (tertiary/aromatic N) is 5. The van der Waals surface area contributed by atoms with E-state index in [1.807, 2.05) is 48.5 Å². The quantitative estimate of drug-likeness (QED) is 0.118. The smallest absolute Gasteiger partial charge is 0.231 e. The molecule has 0 radical (unpaired) electrons. The second kappa shape index (κ2) is 20.8. The first-order valence-corrected chi connectivity index (χ1v) is 26.3. The van der Waals surface area contributed by atoms with E-state index in [0.717, 1.165) is 108 Å². The lowest BCUT2D eigenvalue weighted by Gasteiger charge is -2.54. The van der Waals surface area contributed by atoms with Crippen molar-refractivity contribution in [2.45, 2.75) is 113 Å². The van der Waals surface area contributed by atoms with Gasteiger partial charge < -0.3 is 29.5 Å². The van der Waals surface area contributed by atoms with Crippen molar-refractivity contribution in [3.8, 4) is 23.6 Å². The lowest BCUT2D eigenvalue weighted by Crippen LogP contribution is -2.58. The number of nitrogens with one attached hydrogen (secondary N) is 1. The average Bonchev–Trinajstić information content (AvgIpc) is 4.12. The van der Waals surface area contributed by atoms with Crippen LogP contribution in [-0.2, 0) is 28.7 Å². The highest BCUT2D eigenvalue weighted by atomic mass is 16.5. The summed E-state index contributed by atoms with van der Waals surface area (Å²) >= 11 is 0. The van der Waals surface area contributed by atoms with E-state index in [9.17, 15) is 4.79 Å². The van der Waals surface area contributed by atoms with E-state index in [4.69, 9.17) is 20.0 Å². The number of nitriles is 2. The van der Waals surface area contributed by atoms with Gasteiger partial charge in [0.1, 0.15) is 11.5 Å². The fourth-order valence-electron chi connectivity index (χ4n) is 14.7. The molecule has 4 fully saturated rings. The molecule has 0 aromatic heterocycles. The van der Waals surface area contributed by atoms with Crippen molar-refractivity contribution < 1.29 is 14.3 Å². The molecule has 9 heteroatoms. The van der Waals surface area contributed by atoms with E-state index in [2.05, 4.69) is 81.7 Å². The van der Waals surface area contributed by atoms with Gasteiger partial charge >= 0.3 is 0 Å². The van der Waals surface area contributed by atoms with Gasteiger partial charge in [-0.15, -0.1) is 0 Å². The first-order valence-electron chi connectivity index (χ1n) is 26.3. The SMILES string of the molecule is CN1Cc2cc(C3CCC(C4(C5CCN(CCCOc6ccc(C#N)cc6)CC5)C(=O)NCc5ccccc54)C3)ccc2C(C2CCCC2)(C2CCN(CCCOc3ccc(C#N)cc3)CC2)C1. The number of hydrogen-bond acceptors (Lipinski definition) is 8. The molecule has 2 saturated heterocycles. The predicted molar refractivity (Wildman–Crippen MR) is 267 cm³/mol. The average molecular weight is 913 g/mol. The predicted octanol–water partition coefficient (Wildman–Crippen LogP) is 10.1. The Morgan fingerprint density at radius 2 is 1.24 bits per heavy atom. The fourth-order valence-corrected chi connectivity index (χ4v) is 14.7. The van der Waals surface area contributed by atoms with Crippen LogP contribution in [0.1, 0.15) is 128 Å². The zero-order valence-electron chi connectivity index (χ0n) is 40.5. The molecule has 1 amide bonds. The minimum Gasteiger partial charge on any atom is -0.494 e. The first kappa shape index (κ1) is 46.5. The number of hydrogen-bond donors (Lipinski definition) is 1. The van der Waals surface area contributed by atoms with Gasteiger partial charge in [0.2, 0.25) is 5.91 Å². The van der Waals surface area contributed by atoms with Gasteiger partial charge in [-0.3, -0.25) is 4.79 Å². The van der Waals surface area contributed by atoms with E-state index < -0.39 is 5.41 Å². The molecule has 4 unspecified atom stereocenters. The normalized spacial score (nSPS) is 26.4. The van der Waals surface area contributed by atoms with Crippen molar-refractivity contribution in [3.05, 3.63) is 130 Å². The number of rotatable bonds is 15. The zero-order valence-corrected chi connectivity index (χ0v) is 40.5. The van der Waals surface area contributed by atoms with Crippen molar-refractivity contribution >= 4 is 5.91 Å². The molecule has 0 bridgehead atoms. The summed E-state index contributed by atoms with van der Waals surface area (Å²) in [4.78, 5) is 22.7. The molecule has 68 heavy (non-hydrogen) atoms. The van der Waals surface area contributed by atoms with Crippen molar-refractivity contribution in [3.63, 3.8) is 0 Å². The van der Waals surface area contributed by atoms with Crippen LogP contribution in [0.15, 0.2) is 91.0 Å².